The van der Waals surface area contributed by atoms with Crippen LogP contribution in [0, 0.1) is 0 Å². The Hall–Kier alpha value is -1.11. The van der Waals surface area contributed by atoms with E-state index in [4.69, 9.17) is 23.2 Å². The monoisotopic (exact) mass is 387 g/mol. The number of carboxylic acids is 1. The number of hydrogen-bond acceptors (Lipinski definition) is 5. The summed E-state index contributed by atoms with van der Waals surface area (Å²) >= 11 is 11.6. The second kappa shape index (κ2) is 11.5. The number of nitrogens with zero attached hydrogens (tertiary/aromatic N) is 3. The van der Waals surface area contributed by atoms with Crippen LogP contribution < -0.4 is 39.6 Å². The van der Waals surface area contributed by atoms with Crippen LogP contribution in [0.25, 0.3) is 0 Å². The van der Waals surface area contributed by atoms with E-state index < -0.39 is 5.97 Å². The van der Waals surface area contributed by atoms with Crippen LogP contribution in [0.5, 0.6) is 0 Å². The molecule has 0 radical (unpaired) electrons. The molecule has 0 heterocycles. The maximum atomic E-state index is 11.0. The molecular weight excluding hydrogens is 372 g/mol. The molecule has 0 amide bonds. The number of azo groups is 1. The third kappa shape index (κ3) is 6.60. The zero-order valence-electron chi connectivity index (χ0n) is 13.9. The van der Waals surface area contributed by atoms with Crippen molar-refractivity contribution >= 4 is 46.2 Å². The molecular formula is C17H16Cl2N3NaO2. The molecule has 0 spiro atoms. The maximum absolute atomic E-state index is 11.0. The van der Waals surface area contributed by atoms with Crippen molar-refractivity contribution in [2.45, 2.75) is 0 Å². The molecule has 5 nitrogen and oxygen atoms in total. The summed E-state index contributed by atoms with van der Waals surface area (Å²) < 4.78 is 0. The van der Waals surface area contributed by atoms with E-state index in [1.807, 2.05) is 12.1 Å². The SMILES string of the molecule is O=C([O-])c1ccccc1N=Nc1ccc(N(CCCl)CCCl)cc1.[Na+]. The molecule has 0 aromatic heterocycles. The second-order valence-electron chi connectivity index (χ2n) is 4.89. The van der Waals surface area contributed by atoms with Crippen LogP contribution in [-0.2, 0) is 0 Å². The summed E-state index contributed by atoms with van der Waals surface area (Å²) in [6.07, 6.45) is 0. The predicted molar refractivity (Wildman–Crippen MR) is 95.0 cm³/mol. The van der Waals surface area contributed by atoms with Crippen molar-refractivity contribution in [3.8, 4) is 0 Å². The number of alkyl halides is 2. The fourth-order valence-corrected chi connectivity index (χ4v) is 2.56. The molecule has 2 aromatic carbocycles. The zero-order valence-corrected chi connectivity index (χ0v) is 17.4. The van der Waals surface area contributed by atoms with Crippen molar-refractivity contribution in [2.75, 3.05) is 29.7 Å². The Balaban J connectivity index is 0.00000312. The van der Waals surface area contributed by atoms with E-state index in [-0.39, 0.29) is 40.8 Å². The normalized spacial score (nSPS) is 10.5. The van der Waals surface area contributed by atoms with Gasteiger partial charge in [0.2, 0.25) is 0 Å². The van der Waals surface area contributed by atoms with Gasteiger partial charge in [-0.15, -0.1) is 28.3 Å². The van der Waals surface area contributed by atoms with Crippen molar-refractivity contribution in [1.82, 2.24) is 0 Å². The number of carbonyl (C=O) groups is 1. The average Bonchev–Trinajstić information content (AvgIpc) is 2.60. The van der Waals surface area contributed by atoms with Crippen molar-refractivity contribution in [3.63, 3.8) is 0 Å². The smallest absolute Gasteiger partial charge is 0.545 e. The minimum Gasteiger partial charge on any atom is -0.545 e. The Bertz CT molecular complexity index is 705. The quantitative estimate of drug-likeness (QED) is 0.381. The van der Waals surface area contributed by atoms with Gasteiger partial charge >= 0.3 is 29.6 Å². The Morgan fingerprint density at radius 1 is 0.960 bits per heavy atom. The van der Waals surface area contributed by atoms with Crippen LogP contribution in [0.4, 0.5) is 17.1 Å². The first kappa shape index (κ1) is 21.9. The molecule has 0 bridgehead atoms. The third-order valence-corrected chi connectivity index (χ3v) is 3.66. The van der Waals surface area contributed by atoms with Crippen molar-refractivity contribution in [3.05, 3.63) is 54.1 Å². The Morgan fingerprint density at radius 3 is 2.12 bits per heavy atom. The van der Waals surface area contributed by atoms with E-state index in [1.54, 1.807) is 30.3 Å². The average molecular weight is 388 g/mol. The molecule has 25 heavy (non-hydrogen) atoms. The topological polar surface area (TPSA) is 68.1 Å². The summed E-state index contributed by atoms with van der Waals surface area (Å²) in [5.41, 5.74) is 1.87. The van der Waals surface area contributed by atoms with Gasteiger partial charge in [0, 0.05) is 36.1 Å². The van der Waals surface area contributed by atoms with Crippen molar-refractivity contribution < 1.29 is 39.5 Å². The molecule has 0 aliphatic rings. The molecule has 0 saturated heterocycles. The Morgan fingerprint density at radius 2 is 1.56 bits per heavy atom. The van der Waals surface area contributed by atoms with E-state index >= 15 is 0 Å². The van der Waals surface area contributed by atoms with E-state index in [0.717, 1.165) is 5.69 Å². The number of rotatable bonds is 8. The number of anilines is 1. The van der Waals surface area contributed by atoms with Crippen LogP contribution in [0.1, 0.15) is 10.4 Å². The predicted octanol–water partition coefficient (Wildman–Crippen LogP) is 0.753. The Labute approximate surface area is 178 Å². The number of benzene rings is 2. The van der Waals surface area contributed by atoms with Gasteiger partial charge in [0.15, 0.2) is 0 Å². The van der Waals surface area contributed by atoms with Gasteiger partial charge in [-0.25, -0.2) is 0 Å². The van der Waals surface area contributed by atoms with Crippen LogP contribution in [0.2, 0.25) is 0 Å². The summed E-state index contributed by atoms with van der Waals surface area (Å²) in [6.45, 7) is 1.41. The molecule has 0 fully saturated rings. The summed E-state index contributed by atoms with van der Waals surface area (Å²) in [6, 6.07) is 13.7. The first-order valence-corrected chi connectivity index (χ1v) is 8.41. The number of carbonyl (C=O) groups excluding carboxylic acids is 1. The molecule has 0 saturated carbocycles. The number of carboxylic acid groups (broad SMARTS) is 1. The van der Waals surface area contributed by atoms with Gasteiger partial charge in [-0.05, 0) is 30.3 Å². The van der Waals surface area contributed by atoms with Gasteiger partial charge in [-0.2, -0.15) is 5.11 Å². The summed E-state index contributed by atoms with van der Waals surface area (Å²) in [5.74, 6) is -0.255. The molecule has 2 aromatic rings. The van der Waals surface area contributed by atoms with E-state index in [1.165, 1.54) is 6.07 Å². The molecule has 0 aliphatic heterocycles. The molecule has 0 aliphatic carbocycles. The standard InChI is InChI=1S/C17H17Cl2N3O2.Na/c18-9-11-22(12-10-19)14-7-5-13(6-8-14)20-21-16-4-2-1-3-15(16)17(23)24;/h1-8H,9-12H2,(H,23,24);/q;+1/p-1. The van der Waals surface area contributed by atoms with Gasteiger partial charge in [0.25, 0.3) is 0 Å². The van der Waals surface area contributed by atoms with Gasteiger partial charge in [0.05, 0.1) is 17.3 Å². The Kier molecular flexibility index (Phi) is 10.1. The molecule has 0 atom stereocenters. The summed E-state index contributed by atoms with van der Waals surface area (Å²) in [7, 11) is 0. The molecule has 8 heteroatoms. The first-order valence-electron chi connectivity index (χ1n) is 7.34. The molecule has 126 valence electrons. The number of hydrogen-bond donors (Lipinski definition) is 0. The molecule has 2 rings (SSSR count). The first-order chi connectivity index (χ1) is 11.7. The summed E-state index contributed by atoms with van der Waals surface area (Å²) in [4.78, 5) is 13.1. The van der Waals surface area contributed by atoms with E-state index in [2.05, 4.69) is 15.1 Å². The largest absolute Gasteiger partial charge is 1.00 e. The van der Waals surface area contributed by atoms with Crippen LogP contribution in [0.15, 0.2) is 58.8 Å². The zero-order chi connectivity index (χ0) is 17.4. The molecule has 0 N–H and O–H groups in total. The maximum Gasteiger partial charge on any atom is 1.00 e. The van der Waals surface area contributed by atoms with Crippen LogP contribution in [-0.4, -0.2) is 30.8 Å². The van der Waals surface area contributed by atoms with Crippen molar-refractivity contribution in [2.24, 2.45) is 10.2 Å². The van der Waals surface area contributed by atoms with E-state index in [0.29, 0.717) is 30.5 Å². The third-order valence-electron chi connectivity index (χ3n) is 3.32. The minimum atomic E-state index is -1.28. The van der Waals surface area contributed by atoms with Gasteiger partial charge in [-0.3, -0.25) is 0 Å². The number of aromatic carboxylic acids is 1. The minimum absolute atomic E-state index is 0. The summed E-state index contributed by atoms with van der Waals surface area (Å²) in [5, 5.41) is 19.1. The fraction of sp³-hybridized carbons (Fsp3) is 0.235. The van der Waals surface area contributed by atoms with Crippen molar-refractivity contribution in [1.29, 1.82) is 0 Å². The fourth-order valence-electron chi connectivity index (χ4n) is 2.15. The van der Waals surface area contributed by atoms with Gasteiger partial charge < -0.3 is 14.8 Å². The van der Waals surface area contributed by atoms with Crippen LogP contribution in [0.3, 0.4) is 0 Å². The molecule has 0 unspecified atom stereocenters. The van der Waals surface area contributed by atoms with Crippen LogP contribution >= 0.6 is 23.2 Å². The van der Waals surface area contributed by atoms with E-state index in [9.17, 15) is 9.90 Å². The van der Waals surface area contributed by atoms with Gasteiger partial charge in [0.1, 0.15) is 0 Å². The number of halogens is 2. The second-order valence-corrected chi connectivity index (χ2v) is 5.64. The van der Waals surface area contributed by atoms with Gasteiger partial charge in [-0.1, -0.05) is 18.2 Å².